The molecule has 0 aliphatic rings. The smallest absolute Gasteiger partial charge is 0.239 e. The van der Waals surface area contributed by atoms with Gasteiger partial charge < -0.3 is 10.2 Å². The van der Waals surface area contributed by atoms with Crippen molar-refractivity contribution in [3.63, 3.8) is 0 Å². The fraction of sp³-hybridized carbons (Fsp3) is 0.235. The minimum absolute atomic E-state index is 0.150. The van der Waals surface area contributed by atoms with Crippen molar-refractivity contribution in [1.82, 2.24) is 5.32 Å². The normalized spacial score (nSPS) is 11.8. The number of carbonyl (C=O) groups is 1. The highest BCUT2D eigenvalue weighted by molar-refractivity contribution is 5.81. The molecule has 1 amide bonds. The molecule has 0 aliphatic heterocycles. The molecule has 1 N–H and O–H groups in total. The molecule has 22 heavy (non-hydrogen) atoms. The van der Waals surface area contributed by atoms with E-state index >= 15 is 0 Å². The van der Waals surface area contributed by atoms with Crippen LogP contribution < -0.4 is 10.2 Å². The Morgan fingerprint density at radius 2 is 1.55 bits per heavy atom. The van der Waals surface area contributed by atoms with Crippen LogP contribution in [0.25, 0.3) is 0 Å². The molecule has 0 aliphatic carbocycles. The molecule has 0 saturated heterocycles. The summed E-state index contributed by atoms with van der Waals surface area (Å²) in [5, 5.41) is 2.85. The molecule has 1 unspecified atom stereocenters. The minimum Gasteiger partial charge on any atom is -0.365 e. The summed E-state index contributed by atoms with van der Waals surface area (Å²) in [6.07, 6.45) is 0. The average Bonchev–Trinajstić information content (AvgIpc) is 2.48. The van der Waals surface area contributed by atoms with Crippen molar-refractivity contribution in [3.8, 4) is 0 Å². The van der Waals surface area contributed by atoms with E-state index in [2.05, 4.69) is 5.32 Å². The molecule has 0 radical (unpaired) electrons. The van der Waals surface area contributed by atoms with Crippen molar-refractivity contribution in [3.05, 3.63) is 65.7 Å². The van der Waals surface area contributed by atoms with E-state index in [-0.39, 0.29) is 30.1 Å². The number of amides is 1. The van der Waals surface area contributed by atoms with E-state index in [1.807, 2.05) is 6.92 Å². The predicted molar refractivity (Wildman–Crippen MR) is 82.6 cm³/mol. The van der Waals surface area contributed by atoms with Crippen molar-refractivity contribution >= 4 is 11.6 Å². The van der Waals surface area contributed by atoms with E-state index in [1.54, 1.807) is 36.2 Å². The third-order valence-corrected chi connectivity index (χ3v) is 3.40. The summed E-state index contributed by atoms with van der Waals surface area (Å²) in [5.74, 6) is -0.784. The fourth-order valence-corrected chi connectivity index (χ4v) is 2.12. The van der Waals surface area contributed by atoms with Crippen LogP contribution in [-0.4, -0.2) is 19.5 Å². The van der Waals surface area contributed by atoms with E-state index in [0.29, 0.717) is 0 Å². The zero-order valence-electron chi connectivity index (χ0n) is 12.5. The molecule has 0 heterocycles. The van der Waals surface area contributed by atoms with E-state index in [4.69, 9.17) is 0 Å². The third kappa shape index (κ3) is 4.28. The van der Waals surface area contributed by atoms with Gasteiger partial charge in [0, 0.05) is 12.7 Å². The highest BCUT2D eigenvalue weighted by atomic mass is 19.1. The Kier molecular flexibility index (Phi) is 5.09. The van der Waals surface area contributed by atoms with Gasteiger partial charge in [0.2, 0.25) is 5.91 Å². The first-order valence-electron chi connectivity index (χ1n) is 6.97. The molecule has 0 aromatic heterocycles. The van der Waals surface area contributed by atoms with Gasteiger partial charge in [-0.05, 0) is 48.9 Å². The first-order chi connectivity index (χ1) is 10.5. The first kappa shape index (κ1) is 15.9. The summed E-state index contributed by atoms with van der Waals surface area (Å²) >= 11 is 0. The zero-order valence-corrected chi connectivity index (χ0v) is 12.5. The summed E-state index contributed by atoms with van der Waals surface area (Å²) < 4.78 is 25.8. The van der Waals surface area contributed by atoms with Gasteiger partial charge >= 0.3 is 0 Å². The number of likely N-dealkylation sites (N-methyl/N-ethyl adjacent to an activating group) is 1. The third-order valence-electron chi connectivity index (χ3n) is 3.40. The number of nitrogens with zero attached hydrogens (tertiary/aromatic N) is 1. The number of halogens is 2. The van der Waals surface area contributed by atoms with Crippen molar-refractivity contribution in [2.45, 2.75) is 13.0 Å². The molecule has 2 aromatic carbocycles. The molecule has 0 fully saturated rings. The van der Waals surface area contributed by atoms with E-state index in [0.717, 1.165) is 11.3 Å². The SMILES string of the molecule is CC(NC(=O)CN(C)c1ccc(F)cc1)c1ccc(F)cc1. The second-order valence-corrected chi connectivity index (χ2v) is 5.17. The van der Waals surface area contributed by atoms with Crippen LogP contribution in [0, 0.1) is 11.6 Å². The van der Waals surface area contributed by atoms with Gasteiger partial charge in [-0.3, -0.25) is 4.79 Å². The molecule has 5 heteroatoms. The number of carbonyl (C=O) groups excluding carboxylic acids is 1. The summed E-state index contributed by atoms with van der Waals surface area (Å²) in [5.41, 5.74) is 1.59. The highest BCUT2D eigenvalue weighted by Gasteiger charge is 2.12. The van der Waals surface area contributed by atoms with Crippen molar-refractivity contribution in [2.75, 3.05) is 18.5 Å². The Balaban J connectivity index is 1.91. The molecule has 2 rings (SSSR count). The lowest BCUT2D eigenvalue weighted by Gasteiger charge is -2.21. The number of hydrogen-bond acceptors (Lipinski definition) is 2. The lowest BCUT2D eigenvalue weighted by Crippen LogP contribution is -2.36. The number of benzene rings is 2. The largest absolute Gasteiger partial charge is 0.365 e. The quantitative estimate of drug-likeness (QED) is 0.919. The standard InChI is InChI=1S/C17H18F2N2O/c1-12(13-3-5-14(18)6-4-13)20-17(22)11-21(2)16-9-7-15(19)8-10-16/h3-10,12H,11H2,1-2H3,(H,20,22). The van der Waals surface area contributed by atoms with Crippen molar-refractivity contribution in [1.29, 1.82) is 0 Å². The number of rotatable bonds is 5. The minimum atomic E-state index is -0.313. The molecule has 0 spiro atoms. The predicted octanol–water partition coefficient (Wildman–Crippen LogP) is 3.28. The Bertz CT molecular complexity index is 571. The van der Waals surface area contributed by atoms with E-state index in [1.165, 1.54) is 24.3 Å². The van der Waals surface area contributed by atoms with Crippen LogP contribution in [0.1, 0.15) is 18.5 Å². The molecule has 0 saturated carbocycles. The molecule has 1 atom stereocenters. The average molecular weight is 304 g/mol. The van der Waals surface area contributed by atoms with Gasteiger partial charge in [-0.15, -0.1) is 0 Å². The van der Waals surface area contributed by atoms with Crippen LogP contribution in [0.3, 0.4) is 0 Å². The van der Waals surface area contributed by atoms with Crippen molar-refractivity contribution in [2.24, 2.45) is 0 Å². The van der Waals surface area contributed by atoms with Gasteiger partial charge in [0.15, 0.2) is 0 Å². The Labute approximate surface area is 128 Å². The first-order valence-corrected chi connectivity index (χ1v) is 6.97. The lowest BCUT2D eigenvalue weighted by atomic mass is 10.1. The van der Waals surface area contributed by atoms with Crippen LogP contribution in [0.2, 0.25) is 0 Å². The molecule has 0 bridgehead atoms. The Hall–Kier alpha value is -2.43. The van der Waals surface area contributed by atoms with E-state index < -0.39 is 0 Å². The maximum absolute atomic E-state index is 12.9. The van der Waals surface area contributed by atoms with Crippen LogP contribution in [0.15, 0.2) is 48.5 Å². The maximum atomic E-state index is 12.9. The molecule has 116 valence electrons. The summed E-state index contributed by atoms with van der Waals surface area (Å²) in [6, 6.07) is 11.7. The van der Waals surface area contributed by atoms with Crippen LogP contribution in [-0.2, 0) is 4.79 Å². The van der Waals surface area contributed by atoms with Gasteiger partial charge in [0.25, 0.3) is 0 Å². The van der Waals surface area contributed by atoms with Gasteiger partial charge in [-0.1, -0.05) is 12.1 Å². The molecule has 2 aromatic rings. The summed E-state index contributed by atoms with van der Waals surface area (Å²) in [7, 11) is 1.76. The number of nitrogens with one attached hydrogen (secondary N) is 1. The van der Waals surface area contributed by atoms with Gasteiger partial charge in [-0.2, -0.15) is 0 Å². The van der Waals surface area contributed by atoms with Gasteiger partial charge in [0.1, 0.15) is 11.6 Å². The maximum Gasteiger partial charge on any atom is 0.239 e. The highest BCUT2D eigenvalue weighted by Crippen LogP contribution is 2.14. The van der Waals surface area contributed by atoms with E-state index in [9.17, 15) is 13.6 Å². The van der Waals surface area contributed by atoms with Crippen LogP contribution in [0.5, 0.6) is 0 Å². The molecular weight excluding hydrogens is 286 g/mol. The number of hydrogen-bond donors (Lipinski definition) is 1. The zero-order chi connectivity index (χ0) is 16.1. The van der Waals surface area contributed by atoms with Crippen molar-refractivity contribution < 1.29 is 13.6 Å². The summed E-state index contributed by atoms with van der Waals surface area (Å²) in [4.78, 5) is 13.8. The molecular formula is C17H18F2N2O. The second kappa shape index (κ2) is 7.02. The van der Waals surface area contributed by atoms with Crippen LogP contribution in [0.4, 0.5) is 14.5 Å². The monoisotopic (exact) mass is 304 g/mol. The lowest BCUT2D eigenvalue weighted by molar-refractivity contribution is -0.120. The summed E-state index contributed by atoms with van der Waals surface area (Å²) in [6.45, 7) is 1.99. The number of anilines is 1. The second-order valence-electron chi connectivity index (χ2n) is 5.17. The fourth-order valence-electron chi connectivity index (χ4n) is 2.12. The Morgan fingerprint density at radius 1 is 1.05 bits per heavy atom. The van der Waals surface area contributed by atoms with Gasteiger partial charge in [-0.25, -0.2) is 8.78 Å². The topological polar surface area (TPSA) is 32.3 Å². The van der Waals surface area contributed by atoms with Crippen LogP contribution >= 0.6 is 0 Å². The molecule has 3 nitrogen and oxygen atoms in total. The Morgan fingerprint density at radius 3 is 2.09 bits per heavy atom. The van der Waals surface area contributed by atoms with Gasteiger partial charge in [0.05, 0.1) is 12.6 Å².